The highest BCUT2D eigenvalue weighted by atomic mass is 16.5. The van der Waals surface area contributed by atoms with Crippen LogP contribution in [0.25, 0.3) is 0 Å². The van der Waals surface area contributed by atoms with Crippen molar-refractivity contribution < 1.29 is 9.53 Å². The molecule has 1 atom stereocenters. The van der Waals surface area contributed by atoms with Gasteiger partial charge in [0.1, 0.15) is 6.04 Å². The zero-order valence-corrected chi connectivity index (χ0v) is 12.7. The fraction of sp³-hybridized carbons (Fsp3) is 0.733. The van der Waals surface area contributed by atoms with E-state index in [9.17, 15) is 4.79 Å². The van der Waals surface area contributed by atoms with Crippen LogP contribution in [-0.2, 0) is 23.1 Å². The molecule has 1 fully saturated rings. The van der Waals surface area contributed by atoms with Gasteiger partial charge in [0.05, 0.1) is 12.8 Å². The van der Waals surface area contributed by atoms with Gasteiger partial charge in [-0.1, -0.05) is 19.3 Å². The van der Waals surface area contributed by atoms with Gasteiger partial charge in [0.15, 0.2) is 0 Å². The van der Waals surface area contributed by atoms with Crippen LogP contribution in [0, 0.1) is 0 Å². The van der Waals surface area contributed by atoms with E-state index in [0.717, 1.165) is 0 Å². The van der Waals surface area contributed by atoms with Crippen LogP contribution < -0.4 is 5.32 Å². The molecule has 0 unspecified atom stereocenters. The lowest BCUT2D eigenvalue weighted by molar-refractivity contribution is -0.142. The summed E-state index contributed by atoms with van der Waals surface area (Å²) in [5.41, 5.74) is 2.41. The minimum Gasteiger partial charge on any atom is -0.468 e. The molecule has 0 aromatic carbocycles. The van der Waals surface area contributed by atoms with Crippen LogP contribution in [0.4, 0.5) is 0 Å². The van der Waals surface area contributed by atoms with Crippen LogP contribution >= 0.6 is 0 Å². The second-order valence-corrected chi connectivity index (χ2v) is 5.67. The van der Waals surface area contributed by atoms with Crippen LogP contribution in [0.1, 0.15) is 56.2 Å². The summed E-state index contributed by atoms with van der Waals surface area (Å²) in [6.07, 6.45) is 8.46. The molecule has 1 aromatic heterocycles. The molecule has 20 heavy (non-hydrogen) atoms. The number of carbonyl (C=O) groups excluding carboxylic acids is 1. The summed E-state index contributed by atoms with van der Waals surface area (Å²) >= 11 is 0. The Morgan fingerprint density at radius 2 is 2.20 bits per heavy atom. The first-order valence-corrected chi connectivity index (χ1v) is 7.45. The van der Waals surface area contributed by atoms with E-state index in [-0.39, 0.29) is 12.0 Å². The zero-order valence-electron chi connectivity index (χ0n) is 12.7. The van der Waals surface area contributed by atoms with E-state index in [2.05, 4.69) is 16.6 Å². The van der Waals surface area contributed by atoms with Crippen LogP contribution in [0.2, 0.25) is 0 Å². The number of carbonyl (C=O) groups is 1. The smallest absolute Gasteiger partial charge is 0.322 e. The van der Waals surface area contributed by atoms with Crippen LogP contribution in [0.15, 0.2) is 6.20 Å². The summed E-state index contributed by atoms with van der Waals surface area (Å²) in [5.74, 6) is 0.350. The van der Waals surface area contributed by atoms with E-state index in [4.69, 9.17) is 4.74 Å². The van der Waals surface area contributed by atoms with Crippen LogP contribution in [0.3, 0.4) is 0 Å². The van der Waals surface area contributed by atoms with E-state index in [1.165, 1.54) is 50.5 Å². The number of hydrogen-bond donors (Lipinski definition) is 1. The molecular formula is C15H25N3O2. The first-order chi connectivity index (χ1) is 9.61. The molecule has 1 saturated carbocycles. The van der Waals surface area contributed by atoms with E-state index in [0.29, 0.717) is 12.5 Å². The Bertz CT molecular complexity index is 450. The van der Waals surface area contributed by atoms with Gasteiger partial charge >= 0.3 is 5.97 Å². The molecule has 1 heterocycles. The van der Waals surface area contributed by atoms with Gasteiger partial charge in [-0.2, -0.15) is 5.10 Å². The highest BCUT2D eigenvalue weighted by Crippen LogP contribution is 2.33. The summed E-state index contributed by atoms with van der Waals surface area (Å²) in [6.45, 7) is 2.48. The van der Waals surface area contributed by atoms with Crippen molar-refractivity contribution in [1.29, 1.82) is 0 Å². The van der Waals surface area contributed by atoms with Gasteiger partial charge in [-0.05, 0) is 19.8 Å². The van der Waals surface area contributed by atoms with Crippen molar-refractivity contribution in [2.75, 3.05) is 7.11 Å². The molecule has 5 nitrogen and oxygen atoms in total. The number of hydrogen-bond acceptors (Lipinski definition) is 4. The third-order valence-electron chi connectivity index (χ3n) is 4.08. The van der Waals surface area contributed by atoms with E-state index >= 15 is 0 Å². The topological polar surface area (TPSA) is 56.1 Å². The van der Waals surface area contributed by atoms with Crippen LogP contribution in [-0.4, -0.2) is 28.9 Å². The van der Waals surface area contributed by atoms with Crippen molar-refractivity contribution in [2.24, 2.45) is 7.05 Å². The minimum absolute atomic E-state index is 0.229. The average molecular weight is 279 g/mol. The fourth-order valence-electron chi connectivity index (χ4n) is 2.93. The van der Waals surface area contributed by atoms with Gasteiger partial charge in [-0.25, -0.2) is 0 Å². The maximum absolute atomic E-state index is 11.4. The lowest BCUT2D eigenvalue weighted by atomic mass is 9.85. The monoisotopic (exact) mass is 279 g/mol. The molecule has 1 N–H and O–H groups in total. The summed E-state index contributed by atoms with van der Waals surface area (Å²) in [7, 11) is 3.37. The van der Waals surface area contributed by atoms with Gasteiger partial charge in [-0.15, -0.1) is 0 Å². The summed E-state index contributed by atoms with van der Waals surface area (Å²) in [4.78, 5) is 11.4. The van der Waals surface area contributed by atoms with Crippen molar-refractivity contribution in [2.45, 2.75) is 57.5 Å². The normalized spacial score (nSPS) is 17.9. The summed E-state index contributed by atoms with van der Waals surface area (Å²) in [6, 6.07) is -0.292. The average Bonchev–Trinajstić information content (AvgIpc) is 2.85. The van der Waals surface area contributed by atoms with Gasteiger partial charge < -0.3 is 10.1 Å². The molecule has 0 saturated heterocycles. The van der Waals surface area contributed by atoms with Gasteiger partial charge in [0, 0.05) is 31.3 Å². The largest absolute Gasteiger partial charge is 0.468 e. The van der Waals surface area contributed by atoms with Crippen molar-refractivity contribution in [1.82, 2.24) is 15.1 Å². The lowest BCUT2D eigenvalue weighted by Gasteiger charge is -2.21. The molecule has 0 amide bonds. The maximum Gasteiger partial charge on any atom is 0.322 e. The molecule has 0 spiro atoms. The minimum atomic E-state index is -0.292. The number of methoxy groups -OCH3 is 1. The quantitative estimate of drug-likeness (QED) is 0.839. The Balaban J connectivity index is 2.02. The lowest BCUT2D eigenvalue weighted by Crippen LogP contribution is -2.34. The van der Waals surface area contributed by atoms with Crippen LogP contribution in [0.5, 0.6) is 0 Å². The third kappa shape index (κ3) is 3.60. The Morgan fingerprint density at radius 1 is 1.50 bits per heavy atom. The Hall–Kier alpha value is -1.36. The van der Waals surface area contributed by atoms with Crippen molar-refractivity contribution in [3.8, 4) is 0 Å². The Labute approximate surface area is 120 Å². The fourth-order valence-corrected chi connectivity index (χ4v) is 2.93. The summed E-state index contributed by atoms with van der Waals surface area (Å²) < 4.78 is 6.61. The highest BCUT2D eigenvalue weighted by Gasteiger charge is 2.22. The van der Waals surface area contributed by atoms with Crippen molar-refractivity contribution >= 4 is 5.97 Å². The predicted octanol–water partition coefficient (Wildman–Crippen LogP) is 2.12. The third-order valence-corrected chi connectivity index (χ3v) is 4.08. The number of aryl methyl sites for hydroxylation is 1. The van der Waals surface area contributed by atoms with E-state index in [1.807, 2.05) is 18.7 Å². The molecular weight excluding hydrogens is 254 g/mol. The number of aromatic nitrogens is 2. The molecule has 1 aliphatic carbocycles. The molecule has 2 rings (SSSR count). The van der Waals surface area contributed by atoms with Gasteiger partial charge in [0.2, 0.25) is 0 Å². The molecule has 5 heteroatoms. The highest BCUT2D eigenvalue weighted by molar-refractivity contribution is 5.75. The zero-order chi connectivity index (χ0) is 14.5. The van der Waals surface area contributed by atoms with E-state index < -0.39 is 0 Å². The number of esters is 1. The molecule has 1 aromatic rings. The first kappa shape index (κ1) is 15.0. The van der Waals surface area contributed by atoms with Gasteiger partial charge in [-0.3, -0.25) is 9.48 Å². The molecule has 0 bridgehead atoms. The molecule has 112 valence electrons. The Kier molecular flexibility index (Phi) is 5.17. The number of nitrogens with zero attached hydrogens (tertiary/aromatic N) is 2. The molecule has 0 aliphatic heterocycles. The number of ether oxygens (including phenoxy) is 1. The second kappa shape index (κ2) is 6.88. The number of rotatable bonds is 5. The van der Waals surface area contributed by atoms with Crippen molar-refractivity contribution in [3.05, 3.63) is 17.5 Å². The molecule has 0 radical (unpaired) electrons. The van der Waals surface area contributed by atoms with Gasteiger partial charge in [0.25, 0.3) is 0 Å². The standard InChI is InChI=1S/C15H25N3O2/c1-11(15(19)20-3)16-9-13-10-18(2)17-14(13)12-7-5-4-6-8-12/h10-12,16H,4-9H2,1-3H3/t11-/m1/s1. The second-order valence-electron chi connectivity index (χ2n) is 5.67. The number of nitrogens with one attached hydrogen (secondary N) is 1. The SMILES string of the molecule is COC(=O)[C@@H](C)NCc1cn(C)nc1C1CCCCC1. The predicted molar refractivity (Wildman–Crippen MR) is 77.4 cm³/mol. The maximum atomic E-state index is 11.4. The van der Waals surface area contributed by atoms with Crippen molar-refractivity contribution in [3.63, 3.8) is 0 Å². The summed E-state index contributed by atoms with van der Waals surface area (Å²) in [5, 5.41) is 7.85. The first-order valence-electron chi connectivity index (χ1n) is 7.45. The van der Waals surface area contributed by atoms with E-state index in [1.54, 1.807) is 0 Å². The molecule has 1 aliphatic rings. The Morgan fingerprint density at radius 3 is 2.85 bits per heavy atom.